The maximum atomic E-state index is 11.1. The number of nitrogens with zero attached hydrogens (tertiary/aromatic N) is 1. The molecule has 2 aromatic rings. The number of rotatable bonds is 6. The highest BCUT2D eigenvalue weighted by molar-refractivity contribution is 5.85. The first-order chi connectivity index (χ1) is 9.58. The van der Waals surface area contributed by atoms with Crippen molar-refractivity contribution in [3.8, 4) is 0 Å². The van der Waals surface area contributed by atoms with Crippen molar-refractivity contribution >= 4 is 5.97 Å². The predicted octanol–water partition coefficient (Wildman–Crippen LogP) is 3.67. The zero-order chi connectivity index (χ0) is 14.5. The smallest absolute Gasteiger partial charge is 0.373 e. The minimum Gasteiger partial charge on any atom is -0.475 e. The summed E-state index contributed by atoms with van der Waals surface area (Å²) in [5, 5.41) is 9.10. The Hall–Kier alpha value is -2.10. The number of hydrogen-bond acceptors (Lipinski definition) is 3. The summed E-state index contributed by atoms with van der Waals surface area (Å²) in [6, 6.07) is 10.2. The minimum absolute atomic E-state index is 0.0188. The van der Waals surface area contributed by atoms with Crippen LogP contribution in [0.15, 0.2) is 34.7 Å². The fourth-order valence-electron chi connectivity index (χ4n) is 2.12. The van der Waals surface area contributed by atoms with E-state index in [0.717, 1.165) is 12.8 Å². The quantitative estimate of drug-likeness (QED) is 0.872. The van der Waals surface area contributed by atoms with Gasteiger partial charge in [-0.3, -0.25) is 0 Å². The first kappa shape index (κ1) is 14.3. The molecular weight excluding hydrogens is 254 g/mol. The van der Waals surface area contributed by atoms with Gasteiger partial charge in [-0.15, -0.1) is 0 Å². The monoisotopic (exact) mass is 273 g/mol. The summed E-state index contributed by atoms with van der Waals surface area (Å²) in [5.41, 5.74) is 1.80. The number of aromatic nitrogens is 1. The summed E-state index contributed by atoms with van der Waals surface area (Å²) >= 11 is 0. The SMILES string of the molecule is CC(C)c1nc(CCCc2ccccc2)oc1C(=O)O. The molecular formula is C16H19NO3. The van der Waals surface area contributed by atoms with Crippen molar-refractivity contribution in [2.75, 3.05) is 0 Å². The predicted molar refractivity (Wildman–Crippen MR) is 76.0 cm³/mol. The second kappa shape index (κ2) is 6.37. The van der Waals surface area contributed by atoms with Gasteiger partial charge < -0.3 is 9.52 Å². The number of carbonyl (C=O) groups is 1. The molecule has 0 fully saturated rings. The molecule has 1 aromatic heterocycles. The molecule has 0 saturated heterocycles. The Morgan fingerprint density at radius 2 is 1.95 bits per heavy atom. The molecule has 0 spiro atoms. The third kappa shape index (κ3) is 3.47. The van der Waals surface area contributed by atoms with Gasteiger partial charge in [0.2, 0.25) is 5.76 Å². The number of carboxylic acids is 1. The molecule has 4 nitrogen and oxygen atoms in total. The summed E-state index contributed by atoms with van der Waals surface area (Å²) < 4.78 is 5.36. The molecule has 20 heavy (non-hydrogen) atoms. The summed E-state index contributed by atoms with van der Waals surface area (Å²) in [7, 11) is 0. The van der Waals surface area contributed by atoms with Crippen molar-refractivity contribution in [2.24, 2.45) is 0 Å². The number of benzene rings is 1. The van der Waals surface area contributed by atoms with Crippen LogP contribution in [0.25, 0.3) is 0 Å². The normalized spacial score (nSPS) is 10.9. The second-order valence-electron chi connectivity index (χ2n) is 5.12. The van der Waals surface area contributed by atoms with Crippen molar-refractivity contribution in [1.29, 1.82) is 0 Å². The van der Waals surface area contributed by atoms with E-state index in [2.05, 4.69) is 17.1 Å². The van der Waals surface area contributed by atoms with Gasteiger partial charge >= 0.3 is 5.97 Å². The van der Waals surface area contributed by atoms with Crippen molar-refractivity contribution < 1.29 is 14.3 Å². The number of hydrogen-bond donors (Lipinski definition) is 1. The van der Waals surface area contributed by atoms with Crippen LogP contribution in [0.3, 0.4) is 0 Å². The summed E-state index contributed by atoms with van der Waals surface area (Å²) in [4.78, 5) is 15.4. The number of aryl methyl sites for hydroxylation is 2. The first-order valence-corrected chi connectivity index (χ1v) is 6.84. The molecule has 1 aromatic carbocycles. The fraction of sp³-hybridized carbons (Fsp3) is 0.375. The molecule has 4 heteroatoms. The Bertz CT molecular complexity index is 573. The first-order valence-electron chi connectivity index (χ1n) is 6.84. The van der Waals surface area contributed by atoms with E-state index in [1.165, 1.54) is 5.56 Å². The van der Waals surface area contributed by atoms with Crippen LogP contribution in [0.4, 0.5) is 0 Å². The number of aromatic carboxylic acids is 1. The van der Waals surface area contributed by atoms with Gasteiger partial charge in [-0.2, -0.15) is 0 Å². The van der Waals surface area contributed by atoms with E-state index in [0.29, 0.717) is 18.0 Å². The van der Waals surface area contributed by atoms with E-state index in [1.807, 2.05) is 32.0 Å². The molecule has 2 rings (SSSR count). The van der Waals surface area contributed by atoms with Gasteiger partial charge in [0.05, 0.1) is 5.69 Å². The zero-order valence-corrected chi connectivity index (χ0v) is 11.8. The Morgan fingerprint density at radius 1 is 1.25 bits per heavy atom. The summed E-state index contributed by atoms with van der Waals surface area (Å²) in [5.74, 6) is -0.500. The van der Waals surface area contributed by atoms with Crippen molar-refractivity contribution in [1.82, 2.24) is 4.98 Å². The largest absolute Gasteiger partial charge is 0.475 e. The fourth-order valence-corrected chi connectivity index (χ4v) is 2.12. The zero-order valence-electron chi connectivity index (χ0n) is 11.8. The molecule has 0 aliphatic carbocycles. The lowest BCUT2D eigenvalue weighted by atomic mass is 10.1. The maximum Gasteiger partial charge on any atom is 0.373 e. The summed E-state index contributed by atoms with van der Waals surface area (Å²) in [6.45, 7) is 3.83. The van der Waals surface area contributed by atoms with E-state index in [4.69, 9.17) is 9.52 Å². The standard InChI is InChI=1S/C16H19NO3/c1-11(2)14-15(16(18)19)20-13(17-14)10-6-9-12-7-4-3-5-8-12/h3-5,7-8,11H,6,9-10H2,1-2H3,(H,18,19). The third-order valence-electron chi connectivity index (χ3n) is 3.14. The van der Waals surface area contributed by atoms with Gasteiger partial charge in [0.15, 0.2) is 5.89 Å². The van der Waals surface area contributed by atoms with Gasteiger partial charge in [0.25, 0.3) is 0 Å². The van der Waals surface area contributed by atoms with Gasteiger partial charge in [-0.25, -0.2) is 9.78 Å². The number of oxazole rings is 1. The van der Waals surface area contributed by atoms with Crippen LogP contribution in [-0.4, -0.2) is 16.1 Å². The van der Waals surface area contributed by atoms with E-state index in [-0.39, 0.29) is 11.7 Å². The highest BCUT2D eigenvalue weighted by Gasteiger charge is 2.21. The van der Waals surface area contributed by atoms with E-state index >= 15 is 0 Å². The molecule has 106 valence electrons. The lowest BCUT2D eigenvalue weighted by Gasteiger charge is -1.99. The molecule has 0 unspecified atom stereocenters. The van der Waals surface area contributed by atoms with Crippen molar-refractivity contribution in [2.45, 2.75) is 39.0 Å². The molecule has 0 aliphatic rings. The van der Waals surface area contributed by atoms with Crippen LogP contribution in [0.1, 0.15) is 53.9 Å². The Morgan fingerprint density at radius 3 is 2.50 bits per heavy atom. The topological polar surface area (TPSA) is 63.3 Å². The highest BCUT2D eigenvalue weighted by atomic mass is 16.4. The van der Waals surface area contributed by atoms with Crippen LogP contribution >= 0.6 is 0 Å². The van der Waals surface area contributed by atoms with Crippen LogP contribution in [0.2, 0.25) is 0 Å². The van der Waals surface area contributed by atoms with Crippen LogP contribution in [0, 0.1) is 0 Å². The molecule has 0 saturated carbocycles. The minimum atomic E-state index is -1.05. The lowest BCUT2D eigenvalue weighted by molar-refractivity contribution is 0.0658. The van der Waals surface area contributed by atoms with Crippen LogP contribution in [0.5, 0.6) is 0 Å². The van der Waals surface area contributed by atoms with Gasteiger partial charge in [-0.1, -0.05) is 44.2 Å². The van der Waals surface area contributed by atoms with E-state index < -0.39 is 5.97 Å². The van der Waals surface area contributed by atoms with E-state index in [9.17, 15) is 4.79 Å². The van der Waals surface area contributed by atoms with Crippen molar-refractivity contribution in [3.05, 3.63) is 53.2 Å². The molecule has 1 N–H and O–H groups in total. The average molecular weight is 273 g/mol. The lowest BCUT2D eigenvalue weighted by Crippen LogP contribution is -2.01. The average Bonchev–Trinajstić information content (AvgIpc) is 2.85. The van der Waals surface area contributed by atoms with E-state index in [1.54, 1.807) is 0 Å². The van der Waals surface area contributed by atoms with Crippen LogP contribution in [-0.2, 0) is 12.8 Å². The third-order valence-corrected chi connectivity index (χ3v) is 3.14. The molecule has 0 bridgehead atoms. The van der Waals surface area contributed by atoms with Crippen LogP contribution < -0.4 is 0 Å². The molecule has 0 atom stereocenters. The Balaban J connectivity index is 2.00. The molecule has 0 radical (unpaired) electrons. The van der Waals surface area contributed by atoms with Crippen molar-refractivity contribution in [3.63, 3.8) is 0 Å². The van der Waals surface area contributed by atoms with Gasteiger partial charge in [0, 0.05) is 6.42 Å². The molecule has 0 amide bonds. The van der Waals surface area contributed by atoms with Gasteiger partial charge in [0.1, 0.15) is 0 Å². The van der Waals surface area contributed by atoms with Gasteiger partial charge in [-0.05, 0) is 24.3 Å². The Labute approximate surface area is 118 Å². The molecule has 0 aliphatic heterocycles. The molecule has 1 heterocycles. The summed E-state index contributed by atoms with van der Waals surface area (Å²) in [6.07, 6.45) is 2.48. The highest BCUT2D eigenvalue weighted by Crippen LogP contribution is 2.21. The Kier molecular flexibility index (Phi) is 4.56. The maximum absolute atomic E-state index is 11.1. The number of carboxylic acid groups (broad SMARTS) is 1. The second-order valence-corrected chi connectivity index (χ2v) is 5.12.